The molecule has 0 amide bonds. The van der Waals surface area contributed by atoms with Gasteiger partial charge in [0.15, 0.2) is 0 Å². The predicted molar refractivity (Wildman–Crippen MR) is 81.5 cm³/mol. The van der Waals surface area contributed by atoms with Crippen LogP contribution in [-0.2, 0) is 0 Å². The lowest BCUT2D eigenvalue weighted by molar-refractivity contribution is 0.0749. The minimum absolute atomic E-state index is 0.635. The van der Waals surface area contributed by atoms with Gasteiger partial charge in [-0.15, -0.1) is 5.10 Å². The zero-order chi connectivity index (χ0) is 14.2. The van der Waals surface area contributed by atoms with Crippen LogP contribution in [0.2, 0.25) is 0 Å². The molecule has 0 spiro atoms. The molecule has 1 aliphatic carbocycles. The van der Waals surface area contributed by atoms with Crippen molar-refractivity contribution in [1.82, 2.24) is 14.6 Å². The monoisotopic (exact) mass is 294 g/mol. The molecule has 0 radical (unpaired) electrons. The predicted octanol–water partition coefficient (Wildman–Crippen LogP) is 3.02. The number of hydrogen-bond acceptors (Lipinski definition) is 5. The minimum Gasteiger partial charge on any atom is -0.390 e. The number of anilines is 1. The van der Waals surface area contributed by atoms with E-state index in [0.717, 1.165) is 16.6 Å². The first-order chi connectivity index (χ1) is 9.51. The molecule has 6 heteroatoms. The number of rotatable bonds is 5. The van der Waals surface area contributed by atoms with E-state index >= 15 is 0 Å². The van der Waals surface area contributed by atoms with Crippen LogP contribution in [0.1, 0.15) is 57.6 Å². The maximum absolute atomic E-state index is 9.68. The highest BCUT2D eigenvalue weighted by Gasteiger charge is 2.21. The number of hydrogen-bond donors (Lipinski definition) is 2. The lowest BCUT2D eigenvalue weighted by Gasteiger charge is -2.16. The average Bonchev–Trinajstić information content (AvgIpc) is 3.00. The van der Waals surface area contributed by atoms with Gasteiger partial charge in [-0.25, -0.2) is 9.50 Å². The van der Waals surface area contributed by atoms with E-state index in [1.54, 1.807) is 11.3 Å². The molecule has 110 valence electrons. The van der Waals surface area contributed by atoms with Gasteiger partial charge in [0.05, 0.1) is 17.5 Å². The second-order valence-corrected chi connectivity index (χ2v) is 7.23. The average molecular weight is 294 g/mol. The normalized spacial score (nSPS) is 17.1. The van der Waals surface area contributed by atoms with Crippen molar-refractivity contribution in [2.45, 2.75) is 57.5 Å². The second-order valence-electron chi connectivity index (χ2n) is 6.27. The topological polar surface area (TPSA) is 62.5 Å². The molecule has 2 aromatic heterocycles. The van der Waals surface area contributed by atoms with Crippen LogP contribution in [0.25, 0.3) is 4.96 Å². The fourth-order valence-electron chi connectivity index (χ4n) is 2.68. The van der Waals surface area contributed by atoms with E-state index < -0.39 is 5.60 Å². The Morgan fingerprint density at radius 1 is 1.45 bits per heavy atom. The molecule has 0 aromatic carbocycles. The van der Waals surface area contributed by atoms with Gasteiger partial charge in [-0.2, -0.15) is 0 Å². The summed E-state index contributed by atoms with van der Waals surface area (Å²) in [6.07, 6.45) is 7.95. The number of fused-ring (bicyclic) bond motifs is 1. The van der Waals surface area contributed by atoms with E-state index in [-0.39, 0.29) is 0 Å². The molecular weight excluding hydrogens is 272 g/mol. The van der Waals surface area contributed by atoms with Crippen molar-refractivity contribution in [1.29, 1.82) is 0 Å². The zero-order valence-electron chi connectivity index (χ0n) is 12.1. The molecular formula is C14H22N4OS. The zero-order valence-corrected chi connectivity index (χ0v) is 12.9. The molecule has 1 fully saturated rings. The fourth-order valence-corrected chi connectivity index (χ4v) is 3.50. The van der Waals surface area contributed by atoms with Crippen molar-refractivity contribution in [2.75, 3.05) is 11.9 Å². The molecule has 1 aliphatic rings. The molecule has 2 aromatic rings. The van der Waals surface area contributed by atoms with Crippen molar-refractivity contribution in [3.63, 3.8) is 0 Å². The summed E-state index contributed by atoms with van der Waals surface area (Å²) < 4.78 is 1.88. The summed E-state index contributed by atoms with van der Waals surface area (Å²) in [5, 5.41) is 18.3. The van der Waals surface area contributed by atoms with E-state index in [1.807, 2.05) is 18.4 Å². The van der Waals surface area contributed by atoms with Crippen molar-refractivity contribution in [3.8, 4) is 0 Å². The van der Waals surface area contributed by atoms with Crippen LogP contribution < -0.4 is 5.32 Å². The highest BCUT2D eigenvalue weighted by molar-refractivity contribution is 7.20. The number of aromatic nitrogens is 3. The quantitative estimate of drug-likeness (QED) is 0.890. The van der Waals surface area contributed by atoms with Crippen LogP contribution in [0.15, 0.2) is 6.20 Å². The highest BCUT2D eigenvalue weighted by Crippen LogP contribution is 2.34. The number of aliphatic hydroxyl groups is 1. The molecule has 0 saturated heterocycles. The van der Waals surface area contributed by atoms with Crippen LogP contribution >= 0.6 is 11.3 Å². The maximum Gasteiger partial charge on any atom is 0.214 e. The summed E-state index contributed by atoms with van der Waals surface area (Å²) in [5.41, 5.74) is 0.560. The van der Waals surface area contributed by atoms with Crippen molar-refractivity contribution in [3.05, 3.63) is 11.9 Å². The van der Waals surface area contributed by atoms with Crippen LogP contribution in [0.4, 0.5) is 5.13 Å². The third kappa shape index (κ3) is 3.12. The largest absolute Gasteiger partial charge is 0.390 e. The molecule has 0 aliphatic heterocycles. The Morgan fingerprint density at radius 3 is 2.85 bits per heavy atom. The fraction of sp³-hybridized carbons (Fsp3) is 0.714. The smallest absolute Gasteiger partial charge is 0.214 e. The molecule has 0 unspecified atom stereocenters. The van der Waals surface area contributed by atoms with Crippen LogP contribution in [0.3, 0.4) is 0 Å². The van der Waals surface area contributed by atoms with Crippen LogP contribution in [-0.4, -0.2) is 31.9 Å². The highest BCUT2D eigenvalue weighted by atomic mass is 32.1. The Morgan fingerprint density at radius 2 is 2.20 bits per heavy atom. The van der Waals surface area contributed by atoms with E-state index in [9.17, 15) is 5.11 Å². The number of nitrogens with zero attached hydrogens (tertiary/aromatic N) is 3. The van der Waals surface area contributed by atoms with Crippen molar-refractivity contribution in [2.24, 2.45) is 0 Å². The standard InChI is InChI=1S/C14H22N4OS/c1-14(2,19)7-8-15-12-17-18-9-11(16-13(18)20-12)10-5-3-4-6-10/h9-10,19H,3-8H2,1-2H3,(H,15,17). The molecule has 0 atom stereocenters. The summed E-state index contributed by atoms with van der Waals surface area (Å²) in [4.78, 5) is 5.66. The minimum atomic E-state index is -0.639. The van der Waals surface area contributed by atoms with Gasteiger partial charge >= 0.3 is 0 Å². The van der Waals surface area contributed by atoms with Crippen LogP contribution in [0.5, 0.6) is 0 Å². The summed E-state index contributed by atoms with van der Waals surface area (Å²) in [6.45, 7) is 4.35. The molecule has 0 bridgehead atoms. The first kappa shape index (κ1) is 13.8. The van der Waals surface area contributed by atoms with Crippen LogP contribution in [0, 0.1) is 0 Å². The first-order valence-electron chi connectivity index (χ1n) is 7.34. The summed E-state index contributed by atoms with van der Waals surface area (Å²) in [7, 11) is 0. The molecule has 5 nitrogen and oxygen atoms in total. The van der Waals surface area contributed by atoms with E-state index in [0.29, 0.717) is 12.3 Å². The van der Waals surface area contributed by atoms with Gasteiger partial charge in [0.2, 0.25) is 10.1 Å². The van der Waals surface area contributed by atoms with Gasteiger partial charge in [0, 0.05) is 12.5 Å². The van der Waals surface area contributed by atoms with E-state index in [4.69, 9.17) is 4.98 Å². The first-order valence-corrected chi connectivity index (χ1v) is 8.15. The molecule has 1 saturated carbocycles. The summed E-state index contributed by atoms with van der Waals surface area (Å²) >= 11 is 1.58. The van der Waals surface area contributed by atoms with E-state index in [2.05, 4.69) is 16.6 Å². The van der Waals surface area contributed by atoms with Crippen molar-refractivity contribution >= 4 is 21.4 Å². The Kier molecular flexibility index (Phi) is 3.69. The lowest BCUT2D eigenvalue weighted by Crippen LogP contribution is -2.22. The Hall–Kier alpha value is -1.14. The van der Waals surface area contributed by atoms with Gasteiger partial charge in [-0.1, -0.05) is 24.2 Å². The van der Waals surface area contributed by atoms with Gasteiger partial charge in [0.1, 0.15) is 0 Å². The summed E-state index contributed by atoms with van der Waals surface area (Å²) in [6, 6.07) is 0. The second kappa shape index (κ2) is 5.33. The van der Waals surface area contributed by atoms with Gasteiger partial charge in [-0.3, -0.25) is 0 Å². The Balaban J connectivity index is 1.64. The molecule has 20 heavy (non-hydrogen) atoms. The molecule has 3 rings (SSSR count). The molecule has 2 heterocycles. The van der Waals surface area contributed by atoms with Crippen molar-refractivity contribution < 1.29 is 5.11 Å². The third-order valence-corrected chi connectivity index (χ3v) is 4.73. The number of nitrogens with one attached hydrogen (secondary N) is 1. The van der Waals surface area contributed by atoms with E-state index in [1.165, 1.54) is 31.4 Å². The maximum atomic E-state index is 9.68. The Bertz CT molecular complexity index is 546. The summed E-state index contributed by atoms with van der Waals surface area (Å²) in [5.74, 6) is 0.635. The molecule has 2 N–H and O–H groups in total. The van der Waals surface area contributed by atoms with Gasteiger partial charge in [-0.05, 0) is 33.1 Å². The van der Waals surface area contributed by atoms with Gasteiger partial charge in [0.25, 0.3) is 0 Å². The lowest BCUT2D eigenvalue weighted by atomic mass is 10.1. The number of imidazole rings is 1. The Labute approximate surface area is 123 Å². The van der Waals surface area contributed by atoms with Gasteiger partial charge < -0.3 is 10.4 Å². The SMILES string of the molecule is CC(C)(O)CCNc1nn2cc(C3CCCC3)nc2s1. The third-order valence-electron chi connectivity index (χ3n) is 3.85.